The minimum absolute atomic E-state index is 0.462. The highest BCUT2D eigenvalue weighted by Gasteiger charge is 2.25. The molecular weight excluding hydrogens is 282 g/mol. The van der Waals surface area contributed by atoms with E-state index in [1.54, 1.807) is 0 Å². The van der Waals surface area contributed by atoms with Crippen molar-refractivity contribution in [3.8, 4) is 0 Å². The Kier molecular flexibility index (Phi) is 4.56. The number of aliphatic hydroxyl groups is 1. The minimum atomic E-state index is -1.34. The molecule has 0 fully saturated rings. The lowest BCUT2D eigenvalue weighted by atomic mass is 10.0. The molecule has 0 radical (unpaired) electrons. The van der Waals surface area contributed by atoms with Gasteiger partial charge in [-0.2, -0.15) is 0 Å². The standard InChI is InChI=1S/C12H17N3O4S/c1-6(16)9(10(17)18)14-11(19)15-12-13-7-4-2-3-5-8(7)20-12/h6,9,16H,2-5H2,1H3,(H,17,18)(H2,13,14,15,19). The van der Waals surface area contributed by atoms with Crippen molar-refractivity contribution >= 4 is 28.5 Å². The van der Waals surface area contributed by atoms with Gasteiger partial charge < -0.3 is 15.5 Å². The molecule has 2 atom stereocenters. The number of nitrogens with one attached hydrogen (secondary N) is 2. The molecule has 20 heavy (non-hydrogen) atoms. The van der Waals surface area contributed by atoms with Crippen molar-refractivity contribution in [1.82, 2.24) is 10.3 Å². The molecule has 0 saturated heterocycles. The lowest BCUT2D eigenvalue weighted by Crippen LogP contribution is -2.49. The Morgan fingerprint density at radius 2 is 2.05 bits per heavy atom. The molecule has 2 amide bonds. The maximum absolute atomic E-state index is 11.7. The summed E-state index contributed by atoms with van der Waals surface area (Å²) in [5.41, 5.74) is 1.02. The average molecular weight is 299 g/mol. The van der Waals surface area contributed by atoms with E-state index in [4.69, 9.17) is 5.11 Å². The highest BCUT2D eigenvalue weighted by atomic mass is 32.1. The van der Waals surface area contributed by atoms with E-state index in [1.807, 2.05) is 0 Å². The van der Waals surface area contributed by atoms with E-state index >= 15 is 0 Å². The van der Waals surface area contributed by atoms with Crippen LogP contribution in [0.4, 0.5) is 9.93 Å². The molecule has 7 nitrogen and oxygen atoms in total. The van der Waals surface area contributed by atoms with Crippen LogP contribution in [0.25, 0.3) is 0 Å². The maximum atomic E-state index is 11.7. The number of nitrogens with zero attached hydrogens (tertiary/aromatic N) is 1. The molecule has 0 aromatic carbocycles. The fourth-order valence-electron chi connectivity index (χ4n) is 2.07. The number of aliphatic carboxylic acids is 1. The largest absolute Gasteiger partial charge is 0.480 e. The number of anilines is 1. The predicted molar refractivity (Wildman–Crippen MR) is 74.0 cm³/mol. The Bertz CT molecular complexity index is 491. The molecule has 0 spiro atoms. The van der Waals surface area contributed by atoms with Gasteiger partial charge in [-0.05, 0) is 32.6 Å². The van der Waals surface area contributed by atoms with Gasteiger partial charge >= 0.3 is 12.0 Å². The van der Waals surface area contributed by atoms with Gasteiger partial charge in [0.15, 0.2) is 11.2 Å². The molecule has 4 N–H and O–H groups in total. The molecule has 0 saturated carbocycles. The second-order valence-electron chi connectivity index (χ2n) is 4.75. The van der Waals surface area contributed by atoms with Crippen molar-refractivity contribution in [2.45, 2.75) is 44.8 Å². The molecule has 1 aliphatic carbocycles. The number of carboxylic acids is 1. The zero-order valence-electron chi connectivity index (χ0n) is 11.0. The third kappa shape index (κ3) is 3.45. The number of carbonyl (C=O) groups excluding carboxylic acids is 1. The van der Waals surface area contributed by atoms with Gasteiger partial charge in [-0.15, -0.1) is 11.3 Å². The Labute approximate surface area is 120 Å². The molecule has 1 aromatic heterocycles. The van der Waals surface area contributed by atoms with E-state index in [-0.39, 0.29) is 0 Å². The van der Waals surface area contributed by atoms with Crippen LogP contribution in [0.5, 0.6) is 0 Å². The number of hydrogen-bond donors (Lipinski definition) is 4. The first-order chi connectivity index (χ1) is 9.47. The molecule has 1 aliphatic rings. The Balaban J connectivity index is 1.97. The molecule has 2 rings (SSSR count). The van der Waals surface area contributed by atoms with Gasteiger partial charge in [0.2, 0.25) is 0 Å². The average Bonchev–Trinajstić information content (AvgIpc) is 2.77. The van der Waals surface area contributed by atoms with E-state index in [9.17, 15) is 14.7 Å². The summed E-state index contributed by atoms with van der Waals surface area (Å²) in [5.74, 6) is -1.28. The Hall–Kier alpha value is -1.67. The van der Waals surface area contributed by atoms with Crippen molar-refractivity contribution in [3.05, 3.63) is 10.6 Å². The van der Waals surface area contributed by atoms with Gasteiger partial charge in [-0.25, -0.2) is 14.6 Å². The number of aryl methyl sites for hydroxylation is 2. The molecule has 1 heterocycles. The Morgan fingerprint density at radius 1 is 1.35 bits per heavy atom. The van der Waals surface area contributed by atoms with E-state index in [0.29, 0.717) is 5.13 Å². The van der Waals surface area contributed by atoms with Crippen LogP contribution in [-0.2, 0) is 17.6 Å². The zero-order chi connectivity index (χ0) is 14.7. The third-order valence-electron chi connectivity index (χ3n) is 3.10. The number of rotatable bonds is 4. The number of hydrogen-bond acceptors (Lipinski definition) is 5. The van der Waals surface area contributed by atoms with E-state index in [0.717, 1.165) is 31.4 Å². The van der Waals surface area contributed by atoms with Crippen LogP contribution >= 0.6 is 11.3 Å². The van der Waals surface area contributed by atoms with E-state index < -0.39 is 24.1 Å². The molecule has 0 bridgehead atoms. The first kappa shape index (κ1) is 14.7. The van der Waals surface area contributed by atoms with Crippen LogP contribution in [0.3, 0.4) is 0 Å². The van der Waals surface area contributed by atoms with Crippen molar-refractivity contribution in [3.63, 3.8) is 0 Å². The zero-order valence-corrected chi connectivity index (χ0v) is 11.9. The van der Waals surface area contributed by atoms with Crippen LogP contribution < -0.4 is 10.6 Å². The summed E-state index contributed by atoms with van der Waals surface area (Å²) in [6, 6.07) is -2.02. The van der Waals surface area contributed by atoms with E-state index in [2.05, 4.69) is 15.6 Å². The van der Waals surface area contributed by atoms with Crippen molar-refractivity contribution < 1.29 is 19.8 Å². The lowest BCUT2D eigenvalue weighted by Gasteiger charge is -2.16. The van der Waals surface area contributed by atoms with Crippen molar-refractivity contribution in [1.29, 1.82) is 0 Å². The molecular formula is C12H17N3O4S. The van der Waals surface area contributed by atoms with Gasteiger partial charge in [0.05, 0.1) is 11.8 Å². The number of thiazole rings is 1. The predicted octanol–water partition coefficient (Wildman–Crippen LogP) is 0.977. The summed E-state index contributed by atoms with van der Waals surface area (Å²) < 4.78 is 0. The third-order valence-corrected chi connectivity index (χ3v) is 4.17. The Morgan fingerprint density at radius 3 is 2.65 bits per heavy atom. The maximum Gasteiger partial charge on any atom is 0.328 e. The first-order valence-corrected chi connectivity index (χ1v) is 7.26. The van der Waals surface area contributed by atoms with Gasteiger partial charge in [-0.3, -0.25) is 5.32 Å². The van der Waals surface area contributed by atoms with Gasteiger partial charge in [0, 0.05) is 4.88 Å². The number of aliphatic hydroxyl groups excluding tert-OH is 1. The summed E-state index contributed by atoms with van der Waals surface area (Å²) in [6.07, 6.45) is 2.94. The first-order valence-electron chi connectivity index (χ1n) is 6.44. The number of carboxylic acid groups (broad SMARTS) is 1. The summed E-state index contributed by atoms with van der Waals surface area (Å²) in [7, 11) is 0. The second-order valence-corrected chi connectivity index (χ2v) is 5.83. The topological polar surface area (TPSA) is 112 Å². The monoisotopic (exact) mass is 299 g/mol. The number of carbonyl (C=O) groups is 2. The molecule has 1 aromatic rings. The highest BCUT2D eigenvalue weighted by Crippen LogP contribution is 2.29. The van der Waals surface area contributed by atoms with Gasteiger partial charge in [0.25, 0.3) is 0 Å². The fourth-order valence-corrected chi connectivity index (χ4v) is 3.11. The molecule has 8 heteroatoms. The number of aromatic nitrogens is 1. The van der Waals surface area contributed by atoms with Crippen LogP contribution in [0.15, 0.2) is 0 Å². The second kappa shape index (κ2) is 6.19. The summed E-state index contributed by atoms with van der Waals surface area (Å²) in [6.45, 7) is 1.31. The molecule has 0 aliphatic heterocycles. The summed E-state index contributed by atoms with van der Waals surface area (Å²) in [4.78, 5) is 28.1. The van der Waals surface area contributed by atoms with Crippen molar-refractivity contribution in [2.75, 3.05) is 5.32 Å². The molecule has 110 valence electrons. The SMILES string of the molecule is CC(O)C(NC(=O)Nc1nc2c(s1)CCCC2)C(=O)O. The van der Waals surface area contributed by atoms with Crippen LogP contribution in [0.1, 0.15) is 30.3 Å². The van der Waals surface area contributed by atoms with Gasteiger partial charge in [-0.1, -0.05) is 0 Å². The summed E-state index contributed by atoms with van der Waals surface area (Å²) in [5, 5.41) is 23.4. The highest BCUT2D eigenvalue weighted by molar-refractivity contribution is 7.15. The minimum Gasteiger partial charge on any atom is -0.480 e. The number of urea groups is 1. The normalized spacial score (nSPS) is 16.9. The molecule has 2 unspecified atom stereocenters. The fraction of sp³-hybridized carbons (Fsp3) is 0.583. The van der Waals surface area contributed by atoms with Crippen LogP contribution in [0.2, 0.25) is 0 Å². The van der Waals surface area contributed by atoms with Crippen LogP contribution in [-0.4, -0.2) is 39.3 Å². The lowest BCUT2D eigenvalue weighted by molar-refractivity contribution is -0.141. The van der Waals surface area contributed by atoms with Crippen molar-refractivity contribution in [2.24, 2.45) is 0 Å². The summed E-state index contributed by atoms with van der Waals surface area (Å²) >= 11 is 1.41. The van der Waals surface area contributed by atoms with Crippen LogP contribution in [0, 0.1) is 0 Å². The number of amides is 2. The number of fused-ring (bicyclic) bond motifs is 1. The smallest absolute Gasteiger partial charge is 0.328 e. The van der Waals surface area contributed by atoms with E-state index in [1.165, 1.54) is 23.1 Å². The quantitative estimate of drug-likeness (QED) is 0.662. The van der Waals surface area contributed by atoms with Gasteiger partial charge in [0.1, 0.15) is 0 Å².